The molecule has 0 unspecified atom stereocenters. The molecule has 0 aliphatic heterocycles. The first kappa shape index (κ1) is 23.5. The molecule has 0 spiro atoms. The van der Waals surface area contributed by atoms with Gasteiger partial charge in [0.2, 0.25) is 0 Å². The van der Waals surface area contributed by atoms with E-state index in [-0.39, 0.29) is 11.7 Å². The van der Waals surface area contributed by atoms with Gasteiger partial charge in [0.25, 0.3) is 5.56 Å². The van der Waals surface area contributed by atoms with E-state index < -0.39 is 0 Å². The number of fused-ring (bicyclic) bond motifs is 1. The Balaban J connectivity index is 2.09. The van der Waals surface area contributed by atoms with Crippen LogP contribution in [0.4, 0.5) is 0 Å². The summed E-state index contributed by atoms with van der Waals surface area (Å²) in [4.78, 5) is 17.8. The van der Waals surface area contributed by atoms with Crippen LogP contribution in [-0.4, -0.2) is 28.6 Å². The molecule has 8 heteroatoms. The van der Waals surface area contributed by atoms with Crippen molar-refractivity contribution in [2.75, 3.05) is 6.61 Å². The van der Waals surface area contributed by atoms with Crippen LogP contribution >= 0.6 is 31.9 Å². The van der Waals surface area contributed by atoms with Crippen molar-refractivity contribution in [3.8, 4) is 11.5 Å². The van der Waals surface area contributed by atoms with E-state index in [4.69, 9.17) is 9.47 Å². The molecule has 31 heavy (non-hydrogen) atoms. The Kier molecular flexibility index (Phi) is 7.89. The Labute approximate surface area is 198 Å². The summed E-state index contributed by atoms with van der Waals surface area (Å²) >= 11 is 6.99. The van der Waals surface area contributed by atoms with Crippen LogP contribution in [0.5, 0.6) is 11.5 Å². The van der Waals surface area contributed by atoms with Gasteiger partial charge in [-0.05, 0) is 79.0 Å². The number of hydrogen-bond acceptors (Lipinski definition) is 5. The number of rotatable bonds is 8. The quantitative estimate of drug-likeness (QED) is 0.325. The monoisotopic (exact) mass is 549 g/mol. The van der Waals surface area contributed by atoms with Gasteiger partial charge in [-0.25, -0.2) is 4.98 Å². The smallest absolute Gasteiger partial charge is 0.282 e. The minimum atomic E-state index is -0.199. The zero-order chi connectivity index (χ0) is 22.5. The summed E-state index contributed by atoms with van der Waals surface area (Å²) in [5.74, 6) is 1.89. The lowest BCUT2D eigenvalue weighted by Gasteiger charge is -2.16. The third-order valence-corrected chi connectivity index (χ3v) is 5.44. The second-order valence-corrected chi connectivity index (χ2v) is 9.00. The van der Waals surface area contributed by atoms with E-state index in [1.165, 1.54) is 4.68 Å². The molecule has 1 heterocycles. The van der Waals surface area contributed by atoms with Gasteiger partial charge < -0.3 is 9.47 Å². The van der Waals surface area contributed by atoms with Crippen LogP contribution in [0.15, 0.2) is 49.2 Å². The normalized spacial score (nSPS) is 11.6. The zero-order valence-electron chi connectivity index (χ0n) is 18.0. The van der Waals surface area contributed by atoms with Crippen LogP contribution in [0.3, 0.4) is 0 Å². The zero-order valence-corrected chi connectivity index (χ0v) is 21.2. The maximum atomic E-state index is 13.1. The van der Waals surface area contributed by atoms with Crippen molar-refractivity contribution < 1.29 is 9.47 Å². The fraction of sp³-hybridized carbons (Fsp3) is 0.348. The van der Waals surface area contributed by atoms with E-state index in [9.17, 15) is 4.79 Å². The van der Waals surface area contributed by atoms with Crippen LogP contribution in [0, 0.1) is 0 Å². The third kappa shape index (κ3) is 5.54. The van der Waals surface area contributed by atoms with Gasteiger partial charge in [0, 0.05) is 10.9 Å². The highest BCUT2D eigenvalue weighted by molar-refractivity contribution is 9.10. The van der Waals surface area contributed by atoms with Crippen LogP contribution in [0.2, 0.25) is 0 Å². The first-order chi connectivity index (χ1) is 14.8. The summed E-state index contributed by atoms with van der Waals surface area (Å²) in [7, 11) is 0. The molecule has 6 nitrogen and oxygen atoms in total. The second kappa shape index (κ2) is 10.4. The molecule has 0 atom stereocenters. The highest BCUT2D eigenvalue weighted by Crippen LogP contribution is 2.37. The van der Waals surface area contributed by atoms with Gasteiger partial charge in [0.05, 0.1) is 34.3 Å². The van der Waals surface area contributed by atoms with Gasteiger partial charge in [-0.3, -0.25) is 4.79 Å². The van der Waals surface area contributed by atoms with Crippen LogP contribution in [0.1, 0.15) is 45.5 Å². The summed E-state index contributed by atoms with van der Waals surface area (Å²) in [6.45, 7) is 8.40. The highest BCUT2D eigenvalue weighted by Gasteiger charge is 2.14. The molecule has 1 aromatic heterocycles. The van der Waals surface area contributed by atoms with Gasteiger partial charge in [-0.15, -0.1) is 0 Å². The van der Waals surface area contributed by atoms with Crippen LogP contribution in [-0.2, 0) is 6.42 Å². The summed E-state index contributed by atoms with van der Waals surface area (Å²) < 4.78 is 14.6. The van der Waals surface area contributed by atoms with E-state index in [1.54, 1.807) is 12.3 Å². The molecule has 0 saturated carbocycles. The van der Waals surface area contributed by atoms with Gasteiger partial charge in [0.1, 0.15) is 5.82 Å². The minimum absolute atomic E-state index is 0.00759. The van der Waals surface area contributed by atoms with E-state index in [1.807, 2.05) is 52.0 Å². The fourth-order valence-electron chi connectivity index (χ4n) is 3.10. The molecule has 2 aromatic carbocycles. The highest BCUT2D eigenvalue weighted by atomic mass is 79.9. The maximum Gasteiger partial charge on any atom is 0.282 e. The Morgan fingerprint density at radius 1 is 1.19 bits per heavy atom. The standard InChI is InChI=1S/C23H25Br2N3O3/c1-5-7-21-27-19-9-8-16(24)12-17(19)23(29)28(21)26-13-15-10-18(25)22(31-14(3)4)20(11-15)30-6-2/h8-14H,5-7H2,1-4H3. The Bertz CT molecular complexity index is 1170. The number of aryl methyl sites for hydroxylation is 1. The first-order valence-electron chi connectivity index (χ1n) is 10.2. The van der Waals surface area contributed by atoms with Crippen molar-refractivity contribution in [2.45, 2.75) is 46.6 Å². The first-order valence-corrected chi connectivity index (χ1v) is 11.8. The molecule has 0 bridgehead atoms. The van der Waals surface area contributed by atoms with E-state index >= 15 is 0 Å². The average Bonchev–Trinajstić information content (AvgIpc) is 2.71. The topological polar surface area (TPSA) is 65.7 Å². The molecule has 0 N–H and O–H groups in total. The number of ether oxygens (including phenoxy) is 2. The lowest BCUT2D eigenvalue weighted by Crippen LogP contribution is -2.22. The molecule has 0 aliphatic carbocycles. The Morgan fingerprint density at radius 3 is 2.65 bits per heavy atom. The van der Waals surface area contributed by atoms with E-state index in [0.29, 0.717) is 41.3 Å². The number of halogens is 2. The molecule has 0 saturated heterocycles. The van der Waals surface area contributed by atoms with Crippen molar-refractivity contribution in [2.24, 2.45) is 5.10 Å². The molecule has 0 fully saturated rings. The Hall–Kier alpha value is -2.19. The van der Waals surface area contributed by atoms with Crippen molar-refractivity contribution in [1.29, 1.82) is 0 Å². The summed E-state index contributed by atoms with van der Waals surface area (Å²) in [6.07, 6.45) is 3.14. The Morgan fingerprint density at radius 2 is 1.97 bits per heavy atom. The molecular weight excluding hydrogens is 526 g/mol. The summed E-state index contributed by atoms with van der Waals surface area (Å²) in [5, 5.41) is 5.01. The third-order valence-electron chi connectivity index (χ3n) is 4.36. The van der Waals surface area contributed by atoms with Gasteiger partial charge >= 0.3 is 0 Å². The fourth-order valence-corrected chi connectivity index (χ4v) is 4.01. The van der Waals surface area contributed by atoms with Crippen molar-refractivity contribution in [3.63, 3.8) is 0 Å². The molecule has 0 amide bonds. The molecule has 0 aliphatic rings. The second-order valence-electron chi connectivity index (χ2n) is 7.23. The van der Waals surface area contributed by atoms with Gasteiger partial charge in [0.15, 0.2) is 11.5 Å². The molecule has 0 radical (unpaired) electrons. The molecule has 3 aromatic rings. The number of nitrogens with zero attached hydrogens (tertiary/aromatic N) is 3. The maximum absolute atomic E-state index is 13.1. The largest absolute Gasteiger partial charge is 0.490 e. The summed E-state index contributed by atoms with van der Waals surface area (Å²) in [6, 6.07) is 9.23. The van der Waals surface area contributed by atoms with Crippen LogP contribution < -0.4 is 15.0 Å². The minimum Gasteiger partial charge on any atom is -0.490 e. The lowest BCUT2D eigenvalue weighted by atomic mass is 10.2. The summed E-state index contributed by atoms with van der Waals surface area (Å²) in [5.41, 5.74) is 1.24. The number of benzene rings is 2. The van der Waals surface area contributed by atoms with Crippen molar-refractivity contribution in [1.82, 2.24) is 9.66 Å². The number of aromatic nitrogens is 2. The molecule has 164 valence electrons. The predicted octanol–water partition coefficient (Wildman–Crippen LogP) is 5.94. The number of hydrogen-bond donors (Lipinski definition) is 0. The molecular formula is C23H25Br2N3O3. The van der Waals surface area contributed by atoms with Gasteiger partial charge in [-0.2, -0.15) is 9.78 Å². The lowest BCUT2D eigenvalue weighted by molar-refractivity contribution is 0.222. The van der Waals surface area contributed by atoms with Crippen LogP contribution in [0.25, 0.3) is 10.9 Å². The molecule has 3 rings (SSSR count). The van der Waals surface area contributed by atoms with Crippen molar-refractivity contribution in [3.05, 3.63) is 61.0 Å². The van der Waals surface area contributed by atoms with Gasteiger partial charge in [-0.1, -0.05) is 22.9 Å². The van der Waals surface area contributed by atoms with Crippen molar-refractivity contribution >= 4 is 49.0 Å². The average molecular weight is 551 g/mol. The SMILES string of the molecule is CCCc1nc2ccc(Br)cc2c(=O)n1N=Cc1cc(Br)c(OC(C)C)c(OCC)c1. The van der Waals surface area contributed by atoms with E-state index in [0.717, 1.165) is 20.9 Å². The van der Waals surface area contributed by atoms with E-state index in [2.05, 4.69) is 41.9 Å². The predicted molar refractivity (Wildman–Crippen MR) is 132 cm³/mol.